The van der Waals surface area contributed by atoms with Gasteiger partial charge in [-0.3, -0.25) is 4.90 Å². The Hall–Kier alpha value is -1.70. The molecular weight excluding hydrogens is 392 g/mol. The number of anilines is 1. The number of hydrogen-bond acceptors (Lipinski definition) is 6. The maximum absolute atomic E-state index is 9.84. The molecule has 3 heterocycles. The molecule has 0 aromatic heterocycles. The summed E-state index contributed by atoms with van der Waals surface area (Å²) in [6, 6.07) is 9.20. The number of rotatable bonds is 12. The summed E-state index contributed by atoms with van der Waals surface area (Å²) in [4.78, 5) is 4.74. The van der Waals surface area contributed by atoms with Crippen molar-refractivity contribution in [2.45, 2.75) is 50.2 Å². The van der Waals surface area contributed by atoms with Gasteiger partial charge in [0.15, 0.2) is 0 Å². The molecule has 3 fully saturated rings. The van der Waals surface area contributed by atoms with Crippen molar-refractivity contribution in [1.82, 2.24) is 4.90 Å². The standard InChI is InChI=1S/C25H34N2O4/c1-18(28)11-26(12-23-15-29-23)21-6-2-19(3-7-21)10-20-4-8-22(9-5-20)27(13-24-16-30-24)14-25-17-31-25/h2-8,18,22-25,28H,9-17H2,1H3. The van der Waals surface area contributed by atoms with Crippen LogP contribution in [0.4, 0.5) is 5.69 Å². The van der Waals surface area contributed by atoms with Gasteiger partial charge in [-0.05, 0) is 43.0 Å². The number of epoxide rings is 3. The fraction of sp³-hybridized carbons (Fsp3) is 0.600. The van der Waals surface area contributed by atoms with E-state index in [9.17, 15) is 5.11 Å². The second-order valence-corrected chi connectivity index (χ2v) is 9.36. The van der Waals surface area contributed by atoms with Crippen molar-refractivity contribution in [3.05, 3.63) is 53.6 Å². The highest BCUT2D eigenvalue weighted by Gasteiger charge is 2.33. The van der Waals surface area contributed by atoms with E-state index in [1.165, 1.54) is 11.1 Å². The molecule has 1 N–H and O–H groups in total. The van der Waals surface area contributed by atoms with Gasteiger partial charge in [0.25, 0.3) is 0 Å². The Morgan fingerprint density at radius 1 is 0.968 bits per heavy atom. The SMILES string of the molecule is CC(O)CN(CC1CO1)c1ccc(CC2=CCC(N(CC3CO3)CC3CO3)C=C2)cc1. The van der Waals surface area contributed by atoms with Crippen LogP contribution in [0.15, 0.2) is 48.1 Å². The van der Waals surface area contributed by atoms with E-state index in [2.05, 4.69) is 52.3 Å². The highest BCUT2D eigenvalue weighted by Crippen LogP contribution is 2.25. The molecule has 5 atom stereocenters. The van der Waals surface area contributed by atoms with Gasteiger partial charge in [-0.25, -0.2) is 0 Å². The van der Waals surface area contributed by atoms with Gasteiger partial charge >= 0.3 is 0 Å². The minimum atomic E-state index is -0.360. The number of nitrogens with zero attached hydrogens (tertiary/aromatic N) is 2. The zero-order valence-electron chi connectivity index (χ0n) is 18.4. The van der Waals surface area contributed by atoms with Crippen molar-refractivity contribution in [1.29, 1.82) is 0 Å². The molecule has 31 heavy (non-hydrogen) atoms. The topological polar surface area (TPSA) is 64.3 Å². The average Bonchev–Trinajstić information content (AvgIpc) is 3.59. The van der Waals surface area contributed by atoms with Crippen molar-refractivity contribution >= 4 is 5.69 Å². The fourth-order valence-corrected chi connectivity index (χ4v) is 4.35. The highest BCUT2D eigenvalue weighted by molar-refractivity contribution is 5.49. The maximum atomic E-state index is 9.84. The second-order valence-electron chi connectivity index (χ2n) is 9.36. The van der Waals surface area contributed by atoms with E-state index in [0.29, 0.717) is 30.9 Å². The van der Waals surface area contributed by atoms with Gasteiger partial charge in [0.1, 0.15) is 0 Å². The predicted octanol–water partition coefficient (Wildman–Crippen LogP) is 2.17. The Kier molecular flexibility index (Phi) is 6.44. The van der Waals surface area contributed by atoms with Crippen LogP contribution in [-0.2, 0) is 20.6 Å². The molecule has 4 aliphatic rings. The molecule has 3 saturated heterocycles. The van der Waals surface area contributed by atoms with Gasteiger partial charge in [0.05, 0.1) is 44.2 Å². The Labute approximate surface area is 185 Å². The molecule has 0 amide bonds. The third-order valence-corrected chi connectivity index (χ3v) is 6.32. The summed E-state index contributed by atoms with van der Waals surface area (Å²) < 4.78 is 16.3. The van der Waals surface area contributed by atoms with E-state index >= 15 is 0 Å². The van der Waals surface area contributed by atoms with E-state index in [4.69, 9.17) is 14.2 Å². The van der Waals surface area contributed by atoms with E-state index in [1.54, 1.807) is 0 Å². The smallest absolute Gasteiger partial charge is 0.0984 e. The Bertz CT molecular complexity index is 776. The quantitative estimate of drug-likeness (QED) is 0.517. The van der Waals surface area contributed by atoms with Crippen molar-refractivity contribution in [3.63, 3.8) is 0 Å². The third kappa shape index (κ3) is 6.40. The highest BCUT2D eigenvalue weighted by atomic mass is 16.6. The fourth-order valence-electron chi connectivity index (χ4n) is 4.35. The molecule has 1 aromatic rings. The van der Waals surface area contributed by atoms with Crippen LogP contribution < -0.4 is 4.90 Å². The molecule has 168 valence electrons. The number of hydrogen-bond donors (Lipinski definition) is 1. The summed E-state index contributed by atoms with van der Waals surface area (Å²) >= 11 is 0. The summed E-state index contributed by atoms with van der Waals surface area (Å²) in [6.07, 6.45) is 9.80. The lowest BCUT2D eigenvalue weighted by Crippen LogP contribution is -2.40. The van der Waals surface area contributed by atoms with Gasteiger partial charge in [-0.15, -0.1) is 0 Å². The van der Waals surface area contributed by atoms with Crippen LogP contribution in [0.1, 0.15) is 18.9 Å². The zero-order valence-corrected chi connectivity index (χ0v) is 18.4. The molecule has 0 saturated carbocycles. The molecule has 6 heteroatoms. The Balaban J connectivity index is 1.16. The van der Waals surface area contributed by atoms with Crippen molar-refractivity contribution in [2.75, 3.05) is 50.9 Å². The molecule has 1 aromatic carbocycles. The molecule has 5 rings (SSSR count). The van der Waals surface area contributed by atoms with Gasteiger partial charge in [0, 0.05) is 37.9 Å². The Morgan fingerprint density at radius 2 is 1.58 bits per heavy atom. The molecule has 3 aliphatic heterocycles. The third-order valence-electron chi connectivity index (χ3n) is 6.32. The molecule has 1 aliphatic carbocycles. The number of aliphatic hydroxyl groups is 1. The lowest BCUT2D eigenvalue weighted by molar-refractivity contribution is 0.187. The van der Waals surface area contributed by atoms with E-state index in [1.807, 2.05) is 6.92 Å². The molecule has 0 spiro atoms. The van der Waals surface area contributed by atoms with Crippen LogP contribution in [0.3, 0.4) is 0 Å². The van der Waals surface area contributed by atoms with Gasteiger partial charge < -0.3 is 24.2 Å². The first-order valence-corrected chi connectivity index (χ1v) is 11.6. The van der Waals surface area contributed by atoms with Crippen LogP contribution in [0.5, 0.6) is 0 Å². The lowest BCUT2D eigenvalue weighted by atomic mass is 9.96. The van der Waals surface area contributed by atoms with Crippen molar-refractivity contribution < 1.29 is 19.3 Å². The summed E-state index contributed by atoms with van der Waals surface area (Å²) in [5.74, 6) is 0. The van der Waals surface area contributed by atoms with E-state index in [-0.39, 0.29) is 6.10 Å². The van der Waals surface area contributed by atoms with Crippen molar-refractivity contribution in [3.8, 4) is 0 Å². The first kappa shape index (κ1) is 21.2. The lowest BCUT2D eigenvalue weighted by Gasteiger charge is -2.30. The molecule has 0 bridgehead atoms. The first-order chi connectivity index (χ1) is 15.1. The normalized spacial score (nSPS) is 29.6. The molecular formula is C25H34N2O4. The minimum absolute atomic E-state index is 0.307. The van der Waals surface area contributed by atoms with Gasteiger partial charge in [-0.2, -0.15) is 0 Å². The second kappa shape index (κ2) is 9.43. The average molecular weight is 427 g/mol. The molecule has 6 nitrogen and oxygen atoms in total. The largest absolute Gasteiger partial charge is 0.392 e. The van der Waals surface area contributed by atoms with Gasteiger partial charge in [-0.1, -0.05) is 30.4 Å². The monoisotopic (exact) mass is 426 g/mol. The summed E-state index contributed by atoms with van der Waals surface area (Å²) in [7, 11) is 0. The van der Waals surface area contributed by atoms with Gasteiger partial charge in [0.2, 0.25) is 0 Å². The predicted molar refractivity (Wildman–Crippen MR) is 120 cm³/mol. The van der Waals surface area contributed by atoms with Crippen LogP contribution in [0.2, 0.25) is 0 Å². The number of benzene rings is 1. The van der Waals surface area contributed by atoms with Crippen LogP contribution in [0.25, 0.3) is 0 Å². The summed E-state index contributed by atoms with van der Waals surface area (Å²) in [6.45, 7) is 7.95. The summed E-state index contributed by atoms with van der Waals surface area (Å²) in [5, 5.41) is 9.84. The maximum Gasteiger partial charge on any atom is 0.0984 e. The molecule has 0 radical (unpaired) electrons. The Morgan fingerprint density at radius 3 is 2.10 bits per heavy atom. The van der Waals surface area contributed by atoms with E-state index < -0.39 is 0 Å². The van der Waals surface area contributed by atoms with Crippen LogP contribution >= 0.6 is 0 Å². The number of ether oxygens (including phenoxy) is 3. The number of allylic oxidation sites excluding steroid dienone is 2. The van der Waals surface area contributed by atoms with E-state index in [0.717, 1.165) is 58.0 Å². The van der Waals surface area contributed by atoms with Crippen LogP contribution in [0, 0.1) is 0 Å². The van der Waals surface area contributed by atoms with Crippen molar-refractivity contribution in [2.24, 2.45) is 0 Å². The number of aliphatic hydroxyl groups excluding tert-OH is 1. The summed E-state index contributed by atoms with van der Waals surface area (Å²) in [5.41, 5.74) is 3.84. The first-order valence-electron chi connectivity index (χ1n) is 11.6. The minimum Gasteiger partial charge on any atom is -0.392 e. The zero-order chi connectivity index (χ0) is 21.2. The molecule has 5 unspecified atom stereocenters. The van der Waals surface area contributed by atoms with Crippen LogP contribution in [-0.4, -0.2) is 86.5 Å².